The van der Waals surface area contributed by atoms with E-state index >= 15 is 0 Å². The molecule has 3 amide bonds. The van der Waals surface area contributed by atoms with Crippen molar-refractivity contribution in [2.24, 2.45) is 0 Å². The van der Waals surface area contributed by atoms with Gasteiger partial charge in [-0.25, -0.2) is 0 Å². The van der Waals surface area contributed by atoms with Crippen LogP contribution in [0.2, 0.25) is 0 Å². The second-order valence-corrected chi connectivity index (χ2v) is 15.1. The van der Waals surface area contributed by atoms with Crippen LogP contribution >= 0.6 is 0 Å². The summed E-state index contributed by atoms with van der Waals surface area (Å²) in [6, 6.07) is 21.3. The molecule has 2 saturated heterocycles. The molecule has 3 aliphatic heterocycles. The summed E-state index contributed by atoms with van der Waals surface area (Å²) in [5.41, 5.74) is 6.65. The van der Waals surface area contributed by atoms with Crippen LogP contribution in [0.1, 0.15) is 59.2 Å². The number of aromatic amines is 1. The van der Waals surface area contributed by atoms with Crippen molar-refractivity contribution in [3.05, 3.63) is 103 Å². The molecule has 4 aliphatic rings. The Morgan fingerprint density at radius 2 is 1.50 bits per heavy atom. The SMILES string of the molecule is C=C1CCC(N2C(=O)c3ccc(N4CC(OCCCOCCCOC5CC(Oc6ccc(-c7ccc8c(c7)[nH]c7ccncc78)cc6)C5)C4)cc3C2=O)C(=O)N1. The summed E-state index contributed by atoms with van der Waals surface area (Å²) in [6.07, 6.45) is 8.58. The Kier molecular flexibility index (Phi) is 10.0. The quantitative estimate of drug-likeness (QED) is 0.0920. The van der Waals surface area contributed by atoms with Crippen molar-refractivity contribution < 1.29 is 33.3 Å². The highest BCUT2D eigenvalue weighted by atomic mass is 16.5. The lowest BCUT2D eigenvalue weighted by molar-refractivity contribution is -0.125. The first kappa shape index (κ1) is 36.1. The maximum Gasteiger partial charge on any atom is 0.262 e. The zero-order valence-electron chi connectivity index (χ0n) is 31.2. The van der Waals surface area contributed by atoms with E-state index < -0.39 is 17.9 Å². The first-order chi connectivity index (χ1) is 27.4. The van der Waals surface area contributed by atoms with Crippen LogP contribution in [0.15, 0.2) is 91.4 Å². The van der Waals surface area contributed by atoms with Gasteiger partial charge in [0.15, 0.2) is 0 Å². The third-order valence-corrected chi connectivity index (χ3v) is 11.3. The highest BCUT2D eigenvalue weighted by Crippen LogP contribution is 2.34. The van der Waals surface area contributed by atoms with Gasteiger partial charge in [-0.2, -0.15) is 0 Å². The summed E-state index contributed by atoms with van der Waals surface area (Å²) in [5, 5.41) is 4.98. The Labute approximate surface area is 324 Å². The van der Waals surface area contributed by atoms with Gasteiger partial charge in [0.2, 0.25) is 5.91 Å². The van der Waals surface area contributed by atoms with Crippen LogP contribution in [0.4, 0.5) is 5.69 Å². The number of ether oxygens (including phenoxy) is 4. The van der Waals surface area contributed by atoms with Gasteiger partial charge in [-0.1, -0.05) is 30.8 Å². The molecule has 1 unspecified atom stereocenters. The van der Waals surface area contributed by atoms with Gasteiger partial charge in [0.25, 0.3) is 11.8 Å². The van der Waals surface area contributed by atoms with E-state index in [-0.39, 0.29) is 24.2 Å². The summed E-state index contributed by atoms with van der Waals surface area (Å²) in [6.45, 7) is 7.76. The Morgan fingerprint density at radius 1 is 0.750 bits per heavy atom. The maximum atomic E-state index is 13.2. The number of nitrogens with one attached hydrogen (secondary N) is 2. The van der Waals surface area contributed by atoms with Crippen LogP contribution in [-0.2, 0) is 19.0 Å². The van der Waals surface area contributed by atoms with Crippen molar-refractivity contribution in [2.45, 2.75) is 62.9 Å². The van der Waals surface area contributed by atoms with E-state index in [0.717, 1.165) is 69.6 Å². The van der Waals surface area contributed by atoms with Gasteiger partial charge in [-0.3, -0.25) is 24.3 Å². The van der Waals surface area contributed by atoms with Crippen LogP contribution in [0, 0.1) is 0 Å². The number of carbonyl (C=O) groups excluding carboxylic acids is 3. The lowest BCUT2D eigenvalue weighted by Crippen LogP contribution is -2.52. The maximum absolute atomic E-state index is 13.2. The molecule has 288 valence electrons. The molecular formula is C44H45N5O7. The predicted molar refractivity (Wildman–Crippen MR) is 212 cm³/mol. The molecule has 12 heteroatoms. The topological polar surface area (TPSA) is 135 Å². The molecule has 0 bridgehead atoms. The number of hydrogen-bond donors (Lipinski definition) is 2. The molecule has 2 aromatic heterocycles. The van der Waals surface area contributed by atoms with Crippen molar-refractivity contribution in [1.82, 2.24) is 20.2 Å². The third-order valence-electron chi connectivity index (χ3n) is 11.3. The second-order valence-electron chi connectivity index (χ2n) is 15.1. The zero-order valence-corrected chi connectivity index (χ0v) is 31.2. The average molecular weight is 756 g/mol. The van der Waals surface area contributed by atoms with Crippen LogP contribution in [-0.4, -0.2) is 96.5 Å². The number of hydrogen-bond acceptors (Lipinski definition) is 9. The molecule has 5 aromatic rings. The Morgan fingerprint density at radius 3 is 2.29 bits per heavy atom. The number of H-pyrrole nitrogens is 1. The first-order valence-electron chi connectivity index (χ1n) is 19.6. The summed E-state index contributed by atoms with van der Waals surface area (Å²) >= 11 is 0. The predicted octanol–water partition coefficient (Wildman–Crippen LogP) is 6.40. The number of aromatic nitrogens is 2. The van der Waals surface area contributed by atoms with E-state index in [9.17, 15) is 14.4 Å². The van der Waals surface area contributed by atoms with Gasteiger partial charge in [-0.05, 0) is 79.3 Å². The molecule has 0 spiro atoms. The van der Waals surface area contributed by atoms with Crippen molar-refractivity contribution in [3.63, 3.8) is 0 Å². The molecule has 56 heavy (non-hydrogen) atoms. The first-order valence-corrected chi connectivity index (χ1v) is 19.6. The molecule has 9 rings (SSSR count). The monoisotopic (exact) mass is 755 g/mol. The largest absolute Gasteiger partial charge is 0.490 e. The molecule has 1 aliphatic carbocycles. The molecule has 1 saturated carbocycles. The summed E-state index contributed by atoms with van der Waals surface area (Å²) in [4.78, 5) is 49.7. The molecule has 0 radical (unpaired) electrons. The molecule has 1 atom stereocenters. The van der Waals surface area contributed by atoms with E-state index in [1.54, 1.807) is 18.3 Å². The number of benzene rings is 3. The molecule has 2 N–H and O–H groups in total. The molecular weight excluding hydrogens is 711 g/mol. The van der Waals surface area contributed by atoms with Crippen molar-refractivity contribution in [3.8, 4) is 16.9 Å². The van der Waals surface area contributed by atoms with Gasteiger partial charge in [0, 0.05) is 97.9 Å². The highest BCUT2D eigenvalue weighted by molar-refractivity contribution is 6.23. The molecule has 5 heterocycles. The summed E-state index contributed by atoms with van der Waals surface area (Å²) in [5.74, 6) is -0.327. The number of amides is 3. The Hall–Kier alpha value is -5.56. The number of carbonyl (C=O) groups is 3. The lowest BCUT2D eigenvalue weighted by Gasteiger charge is -2.40. The van der Waals surface area contributed by atoms with Gasteiger partial charge >= 0.3 is 0 Å². The third kappa shape index (κ3) is 7.27. The van der Waals surface area contributed by atoms with E-state index in [1.165, 1.54) is 5.39 Å². The fourth-order valence-electron chi connectivity index (χ4n) is 8.01. The number of allylic oxidation sites excluding steroid dienone is 1. The minimum absolute atomic E-state index is 0.101. The number of pyridine rings is 1. The Bertz CT molecular complexity index is 2290. The number of rotatable bonds is 15. The minimum atomic E-state index is -0.813. The molecule has 3 fully saturated rings. The summed E-state index contributed by atoms with van der Waals surface area (Å²) < 4.78 is 24.1. The van der Waals surface area contributed by atoms with Gasteiger partial charge in [0.1, 0.15) is 17.9 Å². The molecule has 3 aromatic carbocycles. The van der Waals surface area contributed by atoms with Gasteiger partial charge < -0.3 is 34.1 Å². The van der Waals surface area contributed by atoms with Gasteiger partial charge in [0.05, 0.1) is 23.3 Å². The lowest BCUT2D eigenvalue weighted by atomic mass is 9.92. The van der Waals surface area contributed by atoms with Crippen molar-refractivity contribution >= 4 is 45.2 Å². The number of fused-ring (bicyclic) bond motifs is 4. The second kappa shape index (κ2) is 15.5. The van der Waals surface area contributed by atoms with Crippen LogP contribution in [0.3, 0.4) is 0 Å². The van der Waals surface area contributed by atoms with Crippen LogP contribution < -0.4 is 15.0 Å². The number of piperidine rings is 1. The zero-order chi connectivity index (χ0) is 38.2. The normalized spacial score (nSPS) is 21.0. The van der Waals surface area contributed by atoms with E-state index in [2.05, 4.69) is 57.1 Å². The standard InChI is InChI=1S/C44H45N5O7/c1-27-4-13-41(42(50)46-27)49-43(51)36-12-8-30(21-37(36)44(49)52)48-25-34(26-48)55-19-3-17-53-16-2-18-54-32-22-33(23-32)56-31-9-5-28(6-10-31)29-7-11-35-38-24-45-15-14-39(38)47-40(35)20-29/h5-12,14-15,20-21,24,32-34,41,47H,1-4,13,16-19,22-23,25-26H2,(H,46,50). The highest BCUT2D eigenvalue weighted by Gasteiger charge is 2.44. The number of anilines is 1. The van der Waals surface area contributed by atoms with Crippen LogP contribution in [0.25, 0.3) is 32.9 Å². The van der Waals surface area contributed by atoms with Crippen molar-refractivity contribution in [1.29, 1.82) is 0 Å². The number of nitrogens with zero attached hydrogens (tertiary/aromatic N) is 3. The smallest absolute Gasteiger partial charge is 0.262 e. The van der Waals surface area contributed by atoms with Crippen LogP contribution in [0.5, 0.6) is 5.75 Å². The fourth-order valence-corrected chi connectivity index (χ4v) is 8.01. The van der Waals surface area contributed by atoms with Gasteiger partial charge in [-0.15, -0.1) is 0 Å². The number of imide groups is 1. The van der Waals surface area contributed by atoms with E-state index in [0.29, 0.717) is 69.2 Å². The fraction of sp³-hybridized carbons (Fsp3) is 0.364. The summed E-state index contributed by atoms with van der Waals surface area (Å²) in [7, 11) is 0. The van der Waals surface area contributed by atoms with E-state index in [1.807, 2.05) is 30.5 Å². The van der Waals surface area contributed by atoms with E-state index in [4.69, 9.17) is 18.9 Å². The van der Waals surface area contributed by atoms with Crippen molar-refractivity contribution in [2.75, 3.05) is 44.4 Å². The minimum Gasteiger partial charge on any atom is -0.490 e. The Balaban J connectivity index is 0.613. The average Bonchev–Trinajstić information content (AvgIpc) is 3.66. The molecule has 12 nitrogen and oxygen atoms in total.